The van der Waals surface area contributed by atoms with Gasteiger partial charge >= 0.3 is 7.32 Å². The predicted molar refractivity (Wildman–Crippen MR) is 17.5 cm³/mol. The van der Waals surface area contributed by atoms with E-state index in [1.54, 1.807) is 0 Å². The molecule has 0 aromatic heterocycles. The summed E-state index contributed by atoms with van der Waals surface area (Å²) in [5.41, 5.74) is 0. The monoisotopic (exact) mass is 96.0 g/mol. The maximum absolute atomic E-state index is 7.44. The van der Waals surface area contributed by atoms with Crippen LogP contribution in [0.4, 0.5) is 0 Å². The SMILES string of the molecule is O.OOB(O)O. The van der Waals surface area contributed by atoms with E-state index in [4.69, 9.17) is 15.3 Å². The summed E-state index contributed by atoms with van der Waals surface area (Å²) in [6.07, 6.45) is 0. The highest BCUT2D eigenvalue weighted by atomic mass is 17.1. The van der Waals surface area contributed by atoms with Crippen LogP contribution in [0.1, 0.15) is 0 Å². The van der Waals surface area contributed by atoms with Gasteiger partial charge in [0, 0.05) is 0 Å². The molecule has 0 heterocycles. The Hall–Kier alpha value is -0.135. The zero-order chi connectivity index (χ0) is 4.28. The standard InChI is InChI=1S/BH3O4.H2O/c2-1(3)5-4;/h2-4H;1H2. The average Bonchev–Trinajstić information content (AvgIpc) is 1.38. The van der Waals surface area contributed by atoms with Crippen molar-refractivity contribution in [3.8, 4) is 0 Å². The number of hydrogen-bond donors (Lipinski definition) is 3. The summed E-state index contributed by atoms with van der Waals surface area (Å²) in [5, 5.41) is 22.0. The third-order valence-corrected chi connectivity index (χ3v) is 0.0943. The summed E-state index contributed by atoms with van der Waals surface area (Å²) in [5.74, 6) is 0. The lowest BCUT2D eigenvalue weighted by molar-refractivity contribution is -0.173. The largest absolute Gasteiger partial charge is 0.662 e. The zero-order valence-corrected chi connectivity index (χ0v) is 2.83. The topological polar surface area (TPSA) is 101 Å². The van der Waals surface area contributed by atoms with E-state index in [1.807, 2.05) is 0 Å². The maximum atomic E-state index is 7.44. The summed E-state index contributed by atoms with van der Waals surface area (Å²) in [4.78, 5) is 2.86. The Balaban J connectivity index is 0. The van der Waals surface area contributed by atoms with E-state index in [1.165, 1.54) is 0 Å². The summed E-state index contributed by atoms with van der Waals surface area (Å²) in [6, 6.07) is 0. The Morgan fingerprint density at radius 2 is 1.50 bits per heavy atom. The molecule has 0 aliphatic rings. The molecule has 0 amide bonds. The third-order valence-electron chi connectivity index (χ3n) is 0.0943. The fourth-order valence-corrected chi connectivity index (χ4v) is 0. The molecule has 0 aromatic carbocycles. The first-order chi connectivity index (χ1) is 2.27. The molecule has 6 heteroatoms. The van der Waals surface area contributed by atoms with Crippen molar-refractivity contribution in [2.24, 2.45) is 0 Å². The second kappa shape index (κ2) is 4.86. The van der Waals surface area contributed by atoms with Gasteiger partial charge in [0.2, 0.25) is 0 Å². The minimum Gasteiger partial charge on any atom is -0.412 e. The second-order valence-corrected chi connectivity index (χ2v) is 0.432. The lowest BCUT2D eigenvalue weighted by Gasteiger charge is -1.82. The van der Waals surface area contributed by atoms with Crippen molar-refractivity contribution in [2.75, 3.05) is 0 Å². The minimum atomic E-state index is -2.06. The first kappa shape index (κ1) is 9.29. The highest BCUT2D eigenvalue weighted by Gasteiger charge is 2.03. The normalized spacial score (nSPS) is 6.50. The van der Waals surface area contributed by atoms with E-state index >= 15 is 0 Å². The van der Waals surface area contributed by atoms with Gasteiger partial charge in [-0.3, -0.25) is 5.26 Å². The van der Waals surface area contributed by atoms with Gasteiger partial charge in [-0.2, -0.15) is 0 Å². The Labute approximate surface area is 34.2 Å². The molecule has 0 spiro atoms. The lowest BCUT2D eigenvalue weighted by atomic mass is 10.3. The van der Waals surface area contributed by atoms with Crippen LogP contribution in [-0.2, 0) is 4.81 Å². The number of rotatable bonds is 1. The molecule has 0 saturated heterocycles. The molecular weight excluding hydrogens is 90.8 g/mol. The highest BCUT2D eigenvalue weighted by Crippen LogP contribution is 1.58. The molecule has 6 heavy (non-hydrogen) atoms. The van der Waals surface area contributed by atoms with Crippen LogP contribution in [0.25, 0.3) is 0 Å². The summed E-state index contributed by atoms with van der Waals surface area (Å²) >= 11 is 0. The molecule has 0 radical (unpaired) electrons. The average molecular weight is 95.8 g/mol. The van der Waals surface area contributed by atoms with Crippen molar-refractivity contribution in [1.82, 2.24) is 0 Å². The van der Waals surface area contributed by atoms with Crippen LogP contribution in [0.15, 0.2) is 0 Å². The smallest absolute Gasteiger partial charge is 0.412 e. The van der Waals surface area contributed by atoms with E-state index in [9.17, 15) is 0 Å². The van der Waals surface area contributed by atoms with Crippen molar-refractivity contribution in [1.29, 1.82) is 0 Å². The van der Waals surface area contributed by atoms with Gasteiger partial charge in [0.05, 0.1) is 0 Å². The molecular formula is H5BO5. The van der Waals surface area contributed by atoms with Crippen molar-refractivity contribution >= 4 is 7.32 Å². The van der Waals surface area contributed by atoms with E-state index in [2.05, 4.69) is 4.81 Å². The predicted octanol–water partition coefficient (Wildman–Crippen LogP) is -2.38. The maximum Gasteiger partial charge on any atom is 0.662 e. The molecule has 0 fully saturated rings. The van der Waals surface area contributed by atoms with Crippen molar-refractivity contribution in [3.05, 3.63) is 0 Å². The summed E-state index contributed by atoms with van der Waals surface area (Å²) < 4.78 is 0. The summed E-state index contributed by atoms with van der Waals surface area (Å²) in [6.45, 7) is 0. The van der Waals surface area contributed by atoms with Crippen LogP contribution in [0.5, 0.6) is 0 Å². The van der Waals surface area contributed by atoms with Gasteiger partial charge in [-0.05, 0) is 0 Å². The van der Waals surface area contributed by atoms with E-state index in [0.717, 1.165) is 0 Å². The Morgan fingerprint density at radius 3 is 1.50 bits per heavy atom. The van der Waals surface area contributed by atoms with Gasteiger partial charge in [0.15, 0.2) is 0 Å². The van der Waals surface area contributed by atoms with Crippen molar-refractivity contribution in [2.45, 2.75) is 0 Å². The van der Waals surface area contributed by atoms with Gasteiger partial charge in [-0.1, -0.05) is 0 Å². The minimum absolute atomic E-state index is 0. The van der Waals surface area contributed by atoms with Crippen molar-refractivity contribution in [3.63, 3.8) is 0 Å². The van der Waals surface area contributed by atoms with E-state index < -0.39 is 7.32 Å². The molecule has 0 aliphatic carbocycles. The molecule has 5 N–H and O–H groups in total. The molecule has 0 unspecified atom stereocenters. The Morgan fingerprint density at radius 1 is 1.33 bits per heavy atom. The lowest BCUT2D eigenvalue weighted by Crippen LogP contribution is -2.13. The van der Waals surface area contributed by atoms with Crippen LogP contribution >= 0.6 is 0 Å². The van der Waals surface area contributed by atoms with Crippen LogP contribution in [-0.4, -0.2) is 28.1 Å². The zero-order valence-electron chi connectivity index (χ0n) is 2.83. The van der Waals surface area contributed by atoms with Crippen molar-refractivity contribution < 1.29 is 25.6 Å². The Kier molecular flexibility index (Phi) is 7.53. The molecule has 0 aromatic rings. The van der Waals surface area contributed by atoms with Gasteiger partial charge in [-0.25, -0.2) is 4.81 Å². The van der Waals surface area contributed by atoms with Gasteiger partial charge in [0.25, 0.3) is 0 Å². The molecule has 0 rings (SSSR count). The quantitative estimate of drug-likeness (QED) is 0.192. The van der Waals surface area contributed by atoms with Crippen LogP contribution in [0.2, 0.25) is 0 Å². The fraction of sp³-hybridized carbons (Fsp3) is 0. The number of hydrogen-bond acceptors (Lipinski definition) is 4. The molecule has 5 nitrogen and oxygen atoms in total. The second-order valence-electron chi connectivity index (χ2n) is 0.432. The van der Waals surface area contributed by atoms with Gasteiger partial charge < -0.3 is 15.5 Å². The molecule has 0 atom stereocenters. The van der Waals surface area contributed by atoms with E-state index in [-0.39, 0.29) is 5.48 Å². The van der Waals surface area contributed by atoms with E-state index in [0.29, 0.717) is 0 Å². The first-order valence-electron chi connectivity index (χ1n) is 0.935. The van der Waals surface area contributed by atoms with Crippen LogP contribution in [0, 0.1) is 0 Å². The van der Waals surface area contributed by atoms with Gasteiger partial charge in [0.1, 0.15) is 0 Å². The molecule has 38 valence electrons. The van der Waals surface area contributed by atoms with Crippen LogP contribution < -0.4 is 0 Å². The van der Waals surface area contributed by atoms with Gasteiger partial charge in [-0.15, -0.1) is 0 Å². The molecule has 0 saturated carbocycles. The third kappa shape index (κ3) is 9.12. The fourth-order valence-electron chi connectivity index (χ4n) is 0. The molecule has 0 aliphatic heterocycles. The molecule has 0 bridgehead atoms. The Bertz CT molecular complexity index is 17.9. The highest BCUT2D eigenvalue weighted by molar-refractivity contribution is 6.32. The first-order valence-corrected chi connectivity index (χ1v) is 0.935. The summed E-state index contributed by atoms with van der Waals surface area (Å²) in [7, 11) is -2.06. The van der Waals surface area contributed by atoms with Crippen LogP contribution in [0.3, 0.4) is 0 Å².